The fraction of sp³-hybridized carbons (Fsp3) is 0.909. The van der Waals surface area contributed by atoms with Gasteiger partial charge in [0.2, 0.25) is 5.91 Å². The molecule has 2 unspecified atom stereocenters. The topological polar surface area (TPSA) is 20.3 Å². The molecule has 3 heteroatoms. The Balaban J connectivity index is 2.70. The van der Waals surface area contributed by atoms with Gasteiger partial charge >= 0.3 is 0 Å². The number of likely N-dealkylation sites (tertiary alicyclic amines) is 1. The molecule has 0 aromatic rings. The van der Waals surface area contributed by atoms with Gasteiger partial charge in [-0.25, -0.2) is 0 Å². The minimum absolute atomic E-state index is 0.0124. The van der Waals surface area contributed by atoms with Gasteiger partial charge < -0.3 is 4.90 Å². The molecule has 0 bridgehead atoms. The molecule has 0 aromatic heterocycles. The predicted molar refractivity (Wildman–Crippen MR) is 67.4 cm³/mol. The van der Waals surface area contributed by atoms with Crippen molar-refractivity contribution >= 4 is 28.5 Å². The molecule has 1 aliphatic heterocycles. The molecule has 0 aromatic carbocycles. The molecule has 1 saturated heterocycles. The lowest BCUT2D eigenvalue weighted by atomic mass is 9.95. The number of hydrogen-bond donors (Lipinski definition) is 0. The lowest BCUT2D eigenvalue weighted by Gasteiger charge is -2.33. The maximum absolute atomic E-state index is 11.8. The van der Waals surface area contributed by atoms with Crippen LogP contribution in [0.1, 0.15) is 40.5 Å². The number of carbonyl (C=O) groups excluding carboxylic acids is 1. The second-order valence-corrected chi connectivity index (χ2v) is 7.03. The SMILES string of the molecule is CCC(C)(I)N1CC(C(C)C)CC1=O. The summed E-state index contributed by atoms with van der Waals surface area (Å²) in [5.74, 6) is 1.51. The Bertz CT molecular complexity index is 225. The Morgan fingerprint density at radius 3 is 2.57 bits per heavy atom. The molecule has 1 heterocycles. The molecule has 82 valence electrons. The summed E-state index contributed by atoms with van der Waals surface area (Å²) in [5, 5.41) is 0. The van der Waals surface area contributed by atoms with Crippen molar-refractivity contribution in [2.75, 3.05) is 6.54 Å². The average Bonchev–Trinajstić information content (AvgIpc) is 2.48. The summed E-state index contributed by atoms with van der Waals surface area (Å²) in [6.07, 6.45) is 1.76. The number of nitrogens with zero attached hydrogens (tertiary/aromatic N) is 1. The Morgan fingerprint density at radius 1 is 1.64 bits per heavy atom. The summed E-state index contributed by atoms with van der Waals surface area (Å²) in [4.78, 5) is 13.9. The third-order valence-corrected chi connectivity index (χ3v) is 4.65. The summed E-state index contributed by atoms with van der Waals surface area (Å²) in [6, 6.07) is 0. The Labute approximate surface area is 101 Å². The molecule has 14 heavy (non-hydrogen) atoms. The Hall–Kier alpha value is 0.200. The highest BCUT2D eigenvalue weighted by Crippen LogP contribution is 2.35. The summed E-state index contributed by atoms with van der Waals surface area (Å²) in [6.45, 7) is 9.65. The third-order valence-electron chi connectivity index (χ3n) is 3.31. The Morgan fingerprint density at radius 2 is 2.21 bits per heavy atom. The van der Waals surface area contributed by atoms with Crippen molar-refractivity contribution < 1.29 is 4.79 Å². The molecule has 0 spiro atoms. The number of rotatable bonds is 3. The maximum Gasteiger partial charge on any atom is 0.223 e. The van der Waals surface area contributed by atoms with E-state index < -0.39 is 0 Å². The molecular formula is C11H20INO. The van der Waals surface area contributed by atoms with Gasteiger partial charge in [0.1, 0.15) is 0 Å². The first kappa shape index (κ1) is 12.3. The molecular weight excluding hydrogens is 289 g/mol. The van der Waals surface area contributed by atoms with E-state index in [0.717, 1.165) is 19.4 Å². The first-order valence-corrected chi connectivity index (χ1v) is 6.45. The number of amides is 1. The van der Waals surface area contributed by atoms with Crippen LogP contribution in [0.2, 0.25) is 0 Å². The van der Waals surface area contributed by atoms with Gasteiger partial charge in [0.05, 0.1) is 3.55 Å². The van der Waals surface area contributed by atoms with Crippen molar-refractivity contribution in [2.45, 2.75) is 44.1 Å². The second-order valence-electron chi connectivity index (χ2n) is 4.71. The predicted octanol–water partition coefficient (Wildman–Crippen LogP) is 3.05. The van der Waals surface area contributed by atoms with Crippen molar-refractivity contribution in [1.29, 1.82) is 0 Å². The number of carbonyl (C=O) groups is 1. The van der Waals surface area contributed by atoms with Crippen LogP contribution in [0, 0.1) is 11.8 Å². The van der Waals surface area contributed by atoms with Crippen molar-refractivity contribution in [2.24, 2.45) is 11.8 Å². The van der Waals surface area contributed by atoms with E-state index in [1.807, 2.05) is 0 Å². The maximum atomic E-state index is 11.8. The molecule has 0 saturated carbocycles. The van der Waals surface area contributed by atoms with E-state index in [9.17, 15) is 4.79 Å². The van der Waals surface area contributed by atoms with Crippen LogP contribution in [-0.2, 0) is 4.79 Å². The largest absolute Gasteiger partial charge is 0.328 e. The fourth-order valence-electron chi connectivity index (χ4n) is 1.82. The molecule has 2 nitrogen and oxygen atoms in total. The van der Waals surface area contributed by atoms with Crippen molar-refractivity contribution in [3.63, 3.8) is 0 Å². The van der Waals surface area contributed by atoms with Gasteiger partial charge in [0, 0.05) is 13.0 Å². The zero-order valence-corrected chi connectivity index (χ0v) is 11.7. The zero-order valence-electron chi connectivity index (χ0n) is 9.51. The van der Waals surface area contributed by atoms with Gasteiger partial charge in [-0.15, -0.1) is 0 Å². The van der Waals surface area contributed by atoms with Crippen molar-refractivity contribution in [3.8, 4) is 0 Å². The van der Waals surface area contributed by atoms with E-state index in [2.05, 4.69) is 55.2 Å². The molecule has 1 fully saturated rings. The Kier molecular flexibility index (Phi) is 3.83. The molecule has 1 rings (SSSR count). The van der Waals surface area contributed by atoms with Gasteiger partial charge in [0.15, 0.2) is 0 Å². The number of hydrogen-bond acceptors (Lipinski definition) is 1. The van der Waals surface area contributed by atoms with Crippen LogP contribution in [-0.4, -0.2) is 20.9 Å². The lowest BCUT2D eigenvalue weighted by Crippen LogP contribution is -2.42. The summed E-state index contributed by atoms with van der Waals surface area (Å²) >= 11 is 2.40. The van der Waals surface area contributed by atoms with Gasteiger partial charge in [-0.1, -0.05) is 43.4 Å². The molecule has 1 aliphatic rings. The monoisotopic (exact) mass is 309 g/mol. The smallest absolute Gasteiger partial charge is 0.223 e. The standard InChI is InChI=1S/C11H20INO/c1-5-11(4,12)13-7-9(8(2)3)6-10(13)14/h8-9H,5-7H2,1-4H3. The molecule has 0 aliphatic carbocycles. The van der Waals surface area contributed by atoms with Gasteiger partial charge in [-0.3, -0.25) is 4.79 Å². The van der Waals surface area contributed by atoms with Crippen molar-refractivity contribution in [3.05, 3.63) is 0 Å². The van der Waals surface area contributed by atoms with Crippen LogP contribution in [0.25, 0.3) is 0 Å². The summed E-state index contributed by atoms with van der Waals surface area (Å²) in [5.41, 5.74) is 0. The zero-order chi connectivity index (χ0) is 10.9. The minimum Gasteiger partial charge on any atom is -0.328 e. The van der Waals surface area contributed by atoms with E-state index in [1.54, 1.807) is 0 Å². The van der Waals surface area contributed by atoms with Crippen LogP contribution in [0.15, 0.2) is 0 Å². The average molecular weight is 309 g/mol. The minimum atomic E-state index is 0.0124. The van der Waals surface area contributed by atoms with E-state index >= 15 is 0 Å². The highest BCUT2D eigenvalue weighted by atomic mass is 127. The normalized spacial score (nSPS) is 27.1. The summed E-state index contributed by atoms with van der Waals surface area (Å²) < 4.78 is 0.0124. The van der Waals surface area contributed by atoms with E-state index in [1.165, 1.54) is 0 Å². The van der Waals surface area contributed by atoms with Gasteiger partial charge in [0.25, 0.3) is 0 Å². The van der Waals surface area contributed by atoms with Crippen LogP contribution in [0.5, 0.6) is 0 Å². The molecule has 1 amide bonds. The lowest BCUT2D eigenvalue weighted by molar-refractivity contribution is -0.129. The van der Waals surface area contributed by atoms with E-state index in [4.69, 9.17) is 0 Å². The fourth-order valence-corrected chi connectivity index (χ4v) is 2.29. The highest BCUT2D eigenvalue weighted by molar-refractivity contribution is 14.1. The van der Waals surface area contributed by atoms with Crippen LogP contribution in [0.4, 0.5) is 0 Å². The van der Waals surface area contributed by atoms with Crippen LogP contribution < -0.4 is 0 Å². The van der Waals surface area contributed by atoms with Crippen LogP contribution >= 0.6 is 22.6 Å². The molecule has 2 atom stereocenters. The first-order valence-electron chi connectivity index (χ1n) is 5.38. The molecule has 0 N–H and O–H groups in total. The van der Waals surface area contributed by atoms with Crippen molar-refractivity contribution in [1.82, 2.24) is 4.90 Å². The number of alkyl halides is 1. The quantitative estimate of drug-likeness (QED) is 0.446. The third kappa shape index (κ3) is 2.41. The first-order chi connectivity index (χ1) is 6.38. The second kappa shape index (κ2) is 4.37. The highest BCUT2D eigenvalue weighted by Gasteiger charge is 2.39. The van der Waals surface area contributed by atoms with Gasteiger partial charge in [-0.2, -0.15) is 0 Å². The van der Waals surface area contributed by atoms with Gasteiger partial charge in [-0.05, 0) is 25.2 Å². The molecule has 0 radical (unpaired) electrons. The van der Waals surface area contributed by atoms with E-state index in [0.29, 0.717) is 17.7 Å². The summed E-state index contributed by atoms with van der Waals surface area (Å²) in [7, 11) is 0. The van der Waals surface area contributed by atoms with Crippen LogP contribution in [0.3, 0.4) is 0 Å². The number of halogens is 1. The van der Waals surface area contributed by atoms with E-state index in [-0.39, 0.29) is 3.55 Å².